The number of hydrogen-bond acceptors (Lipinski definition) is 6. The molecule has 0 bridgehead atoms. The molecule has 0 radical (unpaired) electrons. The lowest BCUT2D eigenvalue weighted by atomic mass is 9.98. The van der Waals surface area contributed by atoms with Crippen molar-refractivity contribution in [1.82, 2.24) is 10.4 Å². The summed E-state index contributed by atoms with van der Waals surface area (Å²) in [5, 5.41) is 12.1. The molecule has 0 spiro atoms. The first-order valence-corrected chi connectivity index (χ1v) is 10.1. The topological polar surface area (TPSA) is 114 Å². The SMILES string of the molecule is COC(CNC(=O)OCC1c2ccccc2-c2ccccc21)CC(=O)N(C)OCC(=O)O. The molecule has 32 heavy (non-hydrogen) atoms. The van der Waals surface area contributed by atoms with Gasteiger partial charge in [-0.1, -0.05) is 48.5 Å². The van der Waals surface area contributed by atoms with Crippen molar-refractivity contribution >= 4 is 18.0 Å². The number of nitrogens with one attached hydrogen (secondary N) is 1. The Morgan fingerprint density at radius 2 is 1.66 bits per heavy atom. The molecule has 1 aliphatic rings. The molecular weight excluding hydrogens is 416 g/mol. The van der Waals surface area contributed by atoms with Gasteiger partial charge in [0, 0.05) is 26.6 Å². The molecule has 0 saturated carbocycles. The Hall–Kier alpha value is -3.43. The average molecular weight is 442 g/mol. The number of carbonyl (C=O) groups excluding carboxylic acids is 2. The zero-order valence-corrected chi connectivity index (χ0v) is 17.9. The first-order chi connectivity index (χ1) is 15.4. The predicted octanol–water partition coefficient (Wildman–Crippen LogP) is 2.40. The van der Waals surface area contributed by atoms with Crippen LogP contribution in [0.1, 0.15) is 23.5 Å². The second-order valence-corrected chi connectivity index (χ2v) is 7.33. The Morgan fingerprint density at radius 3 is 2.22 bits per heavy atom. The molecule has 170 valence electrons. The van der Waals surface area contributed by atoms with E-state index in [0.717, 1.165) is 27.3 Å². The quantitative estimate of drug-likeness (QED) is 0.543. The van der Waals surface area contributed by atoms with Crippen LogP contribution in [0, 0.1) is 0 Å². The van der Waals surface area contributed by atoms with E-state index in [1.54, 1.807) is 0 Å². The highest BCUT2D eigenvalue weighted by atomic mass is 16.7. The van der Waals surface area contributed by atoms with Crippen LogP contribution < -0.4 is 5.32 Å². The highest BCUT2D eigenvalue weighted by Crippen LogP contribution is 2.44. The molecule has 9 heteroatoms. The third-order valence-corrected chi connectivity index (χ3v) is 5.29. The molecule has 0 saturated heterocycles. The second kappa shape index (κ2) is 10.7. The number of benzene rings is 2. The monoisotopic (exact) mass is 442 g/mol. The second-order valence-electron chi connectivity index (χ2n) is 7.33. The minimum Gasteiger partial charge on any atom is -0.479 e. The van der Waals surface area contributed by atoms with E-state index in [4.69, 9.17) is 19.4 Å². The van der Waals surface area contributed by atoms with Gasteiger partial charge < -0.3 is 19.9 Å². The first-order valence-electron chi connectivity index (χ1n) is 10.1. The van der Waals surface area contributed by atoms with Crippen molar-refractivity contribution in [2.75, 3.05) is 33.9 Å². The molecule has 0 aromatic heterocycles. The molecule has 2 aromatic carbocycles. The number of methoxy groups -OCH3 is 1. The van der Waals surface area contributed by atoms with E-state index >= 15 is 0 Å². The number of alkyl carbamates (subject to hydrolysis) is 1. The van der Waals surface area contributed by atoms with Gasteiger partial charge >= 0.3 is 12.1 Å². The van der Waals surface area contributed by atoms with E-state index < -0.39 is 30.7 Å². The van der Waals surface area contributed by atoms with Crippen molar-refractivity contribution in [1.29, 1.82) is 0 Å². The Bertz CT molecular complexity index is 933. The minimum atomic E-state index is -1.19. The number of carboxylic acid groups (broad SMARTS) is 1. The maximum absolute atomic E-state index is 12.3. The highest BCUT2D eigenvalue weighted by molar-refractivity contribution is 5.79. The number of hydrogen-bond donors (Lipinski definition) is 2. The highest BCUT2D eigenvalue weighted by Gasteiger charge is 2.29. The fraction of sp³-hybridized carbons (Fsp3) is 0.348. The van der Waals surface area contributed by atoms with Gasteiger partial charge in [-0.3, -0.25) is 9.63 Å². The Labute approximate surface area is 185 Å². The molecule has 0 heterocycles. The maximum Gasteiger partial charge on any atom is 0.407 e. The summed E-state index contributed by atoms with van der Waals surface area (Å²) >= 11 is 0. The van der Waals surface area contributed by atoms with Gasteiger partial charge in [-0.15, -0.1) is 0 Å². The number of amides is 2. The third kappa shape index (κ3) is 5.63. The van der Waals surface area contributed by atoms with Crippen molar-refractivity contribution in [3.8, 4) is 11.1 Å². The smallest absolute Gasteiger partial charge is 0.407 e. The average Bonchev–Trinajstić information content (AvgIpc) is 3.12. The van der Waals surface area contributed by atoms with Gasteiger partial charge in [0.05, 0.1) is 12.5 Å². The van der Waals surface area contributed by atoms with Crippen LogP contribution in [-0.4, -0.2) is 68.2 Å². The van der Waals surface area contributed by atoms with E-state index in [1.165, 1.54) is 14.2 Å². The summed E-state index contributed by atoms with van der Waals surface area (Å²) in [4.78, 5) is 39.7. The van der Waals surface area contributed by atoms with E-state index in [9.17, 15) is 14.4 Å². The van der Waals surface area contributed by atoms with Crippen molar-refractivity contribution < 1.29 is 33.8 Å². The maximum atomic E-state index is 12.3. The normalized spacial score (nSPS) is 13.1. The minimum absolute atomic E-state index is 0.0473. The number of aliphatic carboxylic acids is 1. The number of fused-ring (bicyclic) bond motifs is 3. The molecular formula is C23H26N2O7. The lowest BCUT2D eigenvalue weighted by molar-refractivity contribution is -0.187. The van der Waals surface area contributed by atoms with Crippen LogP contribution >= 0.6 is 0 Å². The van der Waals surface area contributed by atoms with Gasteiger partial charge in [0.2, 0.25) is 5.91 Å². The Balaban J connectivity index is 1.50. The largest absolute Gasteiger partial charge is 0.479 e. The van der Waals surface area contributed by atoms with Gasteiger partial charge in [-0.2, -0.15) is 0 Å². The van der Waals surface area contributed by atoms with Crippen LogP contribution in [-0.2, 0) is 23.9 Å². The van der Waals surface area contributed by atoms with Crippen LogP contribution in [0.25, 0.3) is 11.1 Å². The van der Waals surface area contributed by atoms with E-state index in [2.05, 4.69) is 17.4 Å². The number of rotatable bonds is 10. The van der Waals surface area contributed by atoms with Crippen molar-refractivity contribution in [3.63, 3.8) is 0 Å². The van der Waals surface area contributed by atoms with Crippen molar-refractivity contribution in [3.05, 3.63) is 59.7 Å². The molecule has 0 aliphatic heterocycles. The standard InChI is InChI=1S/C23H26N2O7/c1-25(32-14-22(27)28)21(26)11-15(30-2)12-24-23(29)31-13-20-18-9-5-3-7-16(18)17-8-4-6-10-19(17)20/h3-10,15,20H,11-14H2,1-2H3,(H,24,29)(H,27,28). The van der Waals surface area contributed by atoms with Crippen LogP contribution in [0.2, 0.25) is 0 Å². The summed E-state index contributed by atoms with van der Waals surface area (Å²) in [5.74, 6) is -1.72. The predicted molar refractivity (Wildman–Crippen MR) is 115 cm³/mol. The zero-order valence-electron chi connectivity index (χ0n) is 17.9. The summed E-state index contributed by atoms with van der Waals surface area (Å²) in [7, 11) is 2.73. The number of nitrogens with zero attached hydrogens (tertiary/aromatic N) is 1. The molecule has 2 aromatic rings. The summed E-state index contributed by atoms with van der Waals surface area (Å²) in [6, 6.07) is 16.1. The van der Waals surface area contributed by atoms with Gasteiger partial charge in [0.1, 0.15) is 6.61 Å². The number of ether oxygens (including phenoxy) is 2. The third-order valence-electron chi connectivity index (χ3n) is 5.29. The van der Waals surface area contributed by atoms with E-state index in [0.29, 0.717) is 0 Å². The van der Waals surface area contributed by atoms with Gasteiger partial charge in [-0.05, 0) is 22.3 Å². The number of hydroxylamine groups is 2. The summed E-state index contributed by atoms with van der Waals surface area (Å²) in [5.41, 5.74) is 4.52. The summed E-state index contributed by atoms with van der Waals surface area (Å²) < 4.78 is 10.7. The van der Waals surface area contributed by atoms with Crippen LogP contribution in [0.15, 0.2) is 48.5 Å². The van der Waals surface area contributed by atoms with E-state index in [-0.39, 0.29) is 25.5 Å². The lowest BCUT2D eigenvalue weighted by Crippen LogP contribution is -2.38. The fourth-order valence-electron chi connectivity index (χ4n) is 3.63. The summed E-state index contributed by atoms with van der Waals surface area (Å²) in [6.45, 7) is -0.397. The first kappa shape index (κ1) is 23.2. The van der Waals surface area contributed by atoms with Crippen LogP contribution in [0.3, 0.4) is 0 Å². The van der Waals surface area contributed by atoms with Crippen LogP contribution in [0.5, 0.6) is 0 Å². The van der Waals surface area contributed by atoms with Gasteiger partial charge in [0.15, 0.2) is 6.61 Å². The molecule has 3 rings (SSSR count). The lowest BCUT2D eigenvalue weighted by Gasteiger charge is -2.20. The van der Waals surface area contributed by atoms with Gasteiger partial charge in [0.25, 0.3) is 0 Å². The number of carbonyl (C=O) groups is 3. The Kier molecular flexibility index (Phi) is 7.80. The molecule has 1 aliphatic carbocycles. The Morgan fingerprint density at radius 1 is 1.06 bits per heavy atom. The molecule has 1 unspecified atom stereocenters. The number of carboxylic acids is 1. The molecule has 9 nitrogen and oxygen atoms in total. The van der Waals surface area contributed by atoms with Gasteiger partial charge in [-0.25, -0.2) is 14.7 Å². The molecule has 2 amide bonds. The van der Waals surface area contributed by atoms with Crippen molar-refractivity contribution in [2.24, 2.45) is 0 Å². The molecule has 1 atom stereocenters. The summed E-state index contributed by atoms with van der Waals surface area (Å²) in [6.07, 6.45) is -1.34. The zero-order chi connectivity index (χ0) is 23.1. The van der Waals surface area contributed by atoms with E-state index in [1.807, 2.05) is 36.4 Å². The van der Waals surface area contributed by atoms with Crippen molar-refractivity contribution in [2.45, 2.75) is 18.4 Å². The van der Waals surface area contributed by atoms with Crippen LogP contribution in [0.4, 0.5) is 4.79 Å². The molecule has 0 fully saturated rings. The fourth-order valence-corrected chi connectivity index (χ4v) is 3.63. The molecule has 2 N–H and O–H groups in total.